The Labute approximate surface area is 135 Å². The first kappa shape index (κ1) is 18.7. The van der Waals surface area contributed by atoms with Crippen molar-refractivity contribution < 1.29 is 4.79 Å². The van der Waals surface area contributed by atoms with Gasteiger partial charge in [0.2, 0.25) is 5.91 Å². The number of nitrogens with zero attached hydrogens (tertiary/aromatic N) is 1. The number of nitrogens with one attached hydrogen (secondary N) is 2. The predicted octanol–water partition coefficient (Wildman–Crippen LogP) is 2.32. The Balaban J connectivity index is 0.00000220. The number of carbonyl (C=O) groups is 1. The third-order valence-corrected chi connectivity index (χ3v) is 5.16. The van der Waals surface area contributed by atoms with E-state index in [1.807, 2.05) is 0 Å². The lowest BCUT2D eigenvalue weighted by molar-refractivity contribution is -0.126. The van der Waals surface area contributed by atoms with Crippen LogP contribution < -0.4 is 10.6 Å². The van der Waals surface area contributed by atoms with Crippen LogP contribution in [0.25, 0.3) is 0 Å². The van der Waals surface area contributed by atoms with E-state index < -0.39 is 0 Å². The quantitative estimate of drug-likeness (QED) is 0.836. The number of carbonyl (C=O) groups excluding carboxylic acids is 1. The Morgan fingerprint density at radius 1 is 1.29 bits per heavy atom. The fraction of sp³-hybridized carbons (Fsp3) is 0.938. The zero-order valence-corrected chi connectivity index (χ0v) is 14.7. The van der Waals surface area contributed by atoms with Crippen molar-refractivity contribution >= 4 is 18.3 Å². The molecule has 1 saturated heterocycles. The van der Waals surface area contributed by atoms with Crippen LogP contribution in [-0.2, 0) is 4.79 Å². The van der Waals surface area contributed by atoms with Crippen molar-refractivity contribution in [2.75, 3.05) is 26.2 Å². The highest BCUT2D eigenvalue weighted by molar-refractivity contribution is 5.85. The molecule has 2 N–H and O–H groups in total. The maximum absolute atomic E-state index is 12.3. The summed E-state index contributed by atoms with van der Waals surface area (Å²) in [4.78, 5) is 14.8. The summed E-state index contributed by atoms with van der Waals surface area (Å²) in [5.74, 6) is 0.184. The molecule has 1 aliphatic heterocycles. The smallest absolute Gasteiger partial charge is 0.234 e. The van der Waals surface area contributed by atoms with Crippen LogP contribution in [-0.4, -0.2) is 48.1 Å². The number of hydrogen-bond acceptors (Lipinski definition) is 3. The minimum absolute atomic E-state index is 0. The van der Waals surface area contributed by atoms with E-state index >= 15 is 0 Å². The molecule has 1 amide bonds. The van der Waals surface area contributed by atoms with Crippen molar-refractivity contribution in [3.8, 4) is 0 Å². The van der Waals surface area contributed by atoms with Gasteiger partial charge in [0, 0.05) is 30.7 Å². The van der Waals surface area contributed by atoms with Crippen LogP contribution in [0.15, 0.2) is 0 Å². The molecular formula is C16H32ClN3O. The van der Waals surface area contributed by atoms with Gasteiger partial charge in [0.05, 0.1) is 6.54 Å². The number of rotatable bonds is 4. The van der Waals surface area contributed by atoms with Gasteiger partial charge in [-0.15, -0.1) is 12.4 Å². The third-order valence-electron chi connectivity index (χ3n) is 5.16. The van der Waals surface area contributed by atoms with Gasteiger partial charge in [0.25, 0.3) is 0 Å². The molecule has 5 heteroatoms. The molecule has 0 unspecified atom stereocenters. The zero-order valence-electron chi connectivity index (χ0n) is 13.8. The normalized spacial score (nSPS) is 22.6. The van der Waals surface area contributed by atoms with E-state index in [4.69, 9.17) is 0 Å². The van der Waals surface area contributed by atoms with E-state index in [-0.39, 0.29) is 29.4 Å². The topological polar surface area (TPSA) is 44.4 Å². The van der Waals surface area contributed by atoms with Crippen LogP contribution in [0.2, 0.25) is 0 Å². The van der Waals surface area contributed by atoms with E-state index in [1.165, 1.54) is 32.1 Å². The minimum Gasteiger partial charge on any atom is -0.350 e. The summed E-state index contributed by atoms with van der Waals surface area (Å²) in [5, 5.41) is 6.71. The van der Waals surface area contributed by atoms with Gasteiger partial charge in [0.15, 0.2) is 0 Å². The average molecular weight is 318 g/mol. The van der Waals surface area contributed by atoms with Crippen LogP contribution in [0.5, 0.6) is 0 Å². The summed E-state index contributed by atoms with van der Waals surface area (Å²) in [7, 11) is 0. The SMILES string of the molecule is CCC(C)(C)NC(=O)CN1CCNCC12CCCCC2.Cl. The molecule has 4 nitrogen and oxygen atoms in total. The molecule has 0 bridgehead atoms. The lowest BCUT2D eigenvalue weighted by Crippen LogP contribution is -2.64. The van der Waals surface area contributed by atoms with Gasteiger partial charge < -0.3 is 10.6 Å². The van der Waals surface area contributed by atoms with Gasteiger partial charge in [-0.1, -0.05) is 26.2 Å². The van der Waals surface area contributed by atoms with Crippen molar-refractivity contribution in [1.29, 1.82) is 0 Å². The van der Waals surface area contributed by atoms with Gasteiger partial charge in [0.1, 0.15) is 0 Å². The first-order chi connectivity index (χ1) is 9.47. The largest absolute Gasteiger partial charge is 0.350 e. The fourth-order valence-corrected chi connectivity index (χ4v) is 3.51. The molecule has 0 radical (unpaired) electrons. The first-order valence-corrected chi connectivity index (χ1v) is 8.24. The Kier molecular flexibility index (Phi) is 6.95. The second kappa shape index (κ2) is 7.80. The molecule has 0 atom stereocenters. The lowest BCUT2D eigenvalue weighted by atomic mass is 9.79. The lowest BCUT2D eigenvalue weighted by Gasteiger charge is -2.49. The molecule has 1 spiro atoms. The van der Waals surface area contributed by atoms with Gasteiger partial charge >= 0.3 is 0 Å². The summed E-state index contributed by atoms with van der Waals surface area (Å²) in [5.41, 5.74) is 0.148. The molecular weight excluding hydrogens is 286 g/mol. The zero-order chi connectivity index (χ0) is 14.6. The average Bonchev–Trinajstić information content (AvgIpc) is 2.42. The standard InChI is InChI=1S/C16H31N3O.ClH/c1-4-15(2,3)18-14(20)12-19-11-10-17-13-16(19)8-6-5-7-9-16;/h17H,4-13H2,1-3H3,(H,18,20);1H. The summed E-state index contributed by atoms with van der Waals surface area (Å²) < 4.78 is 0. The molecule has 2 aliphatic rings. The van der Waals surface area contributed by atoms with E-state index in [0.29, 0.717) is 6.54 Å². The molecule has 0 aromatic rings. The highest BCUT2D eigenvalue weighted by Crippen LogP contribution is 2.34. The summed E-state index contributed by atoms with van der Waals surface area (Å²) in [6.07, 6.45) is 7.41. The maximum atomic E-state index is 12.3. The third kappa shape index (κ3) is 4.83. The second-order valence-electron chi connectivity index (χ2n) is 7.17. The van der Waals surface area contributed by atoms with E-state index in [2.05, 4.69) is 36.3 Å². The van der Waals surface area contributed by atoms with Crippen molar-refractivity contribution in [3.05, 3.63) is 0 Å². The van der Waals surface area contributed by atoms with Crippen LogP contribution in [0.1, 0.15) is 59.3 Å². The number of amides is 1. The van der Waals surface area contributed by atoms with E-state index in [0.717, 1.165) is 26.1 Å². The van der Waals surface area contributed by atoms with Gasteiger partial charge in [-0.25, -0.2) is 0 Å². The van der Waals surface area contributed by atoms with Gasteiger partial charge in [-0.3, -0.25) is 9.69 Å². The number of hydrogen-bond donors (Lipinski definition) is 2. The molecule has 2 fully saturated rings. The van der Waals surface area contributed by atoms with Crippen molar-refractivity contribution in [3.63, 3.8) is 0 Å². The predicted molar refractivity (Wildman–Crippen MR) is 90.0 cm³/mol. The second-order valence-corrected chi connectivity index (χ2v) is 7.17. The van der Waals surface area contributed by atoms with Crippen LogP contribution >= 0.6 is 12.4 Å². The first-order valence-electron chi connectivity index (χ1n) is 8.24. The molecule has 0 aromatic heterocycles. The summed E-state index contributed by atoms with van der Waals surface area (Å²) in [6.45, 7) is 9.93. The van der Waals surface area contributed by atoms with Crippen molar-refractivity contribution in [2.45, 2.75) is 70.4 Å². The Hall–Kier alpha value is -0.320. The molecule has 21 heavy (non-hydrogen) atoms. The van der Waals surface area contributed by atoms with Crippen LogP contribution in [0.4, 0.5) is 0 Å². The molecule has 1 heterocycles. The fourth-order valence-electron chi connectivity index (χ4n) is 3.51. The Morgan fingerprint density at radius 2 is 1.95 bits per heavy atom. The summed E-state index contributed by atoms with van der Waals surface area (Å²) in [6, 6.07) is 0. The highest BCUT2D eigenvalue weighted by atomic mass is 35.5. The number of piperazine rings is 1. The van der Waals surface area contributed by atoms with Crippen molar-refractivity contribution in [2.24, 2.45) is 0 Å². The molecule has 1 saturated carbocycles. The maximum Gasteiger partial charge on any atom is 0.234 e. The number of halogens is 1. The molecule has 0 aromatic carbocycles. The summed E-state index contributed by atoms with van der Waals surface area (Å²) >= 11 is 0. The Bertz CT molecular complexity index is 332. The molecule has 1 aliphatic carbocycles. The molecule has 2 rings (SSSR count). The van der Waals surface area contributed by atoms with Crippen LogP contribution in [0, 0.1) is 0 Å². The molecule has 124 valence electrons. The highest BCUT2D eigenvalue weighted by Gasteiger charge is 2.40. The minimum atomic E-state index is -0.0924. The van der Waals surface area contributed by atoms with Crippen molar-refractivity contribution in [1.82, 2.24) is 15.5 Å². The van der Waals surface area contributed by atoms with E-state index in [1.54, 1.807) is 0 Å². The van der Waals surface area contributed by atoms with Gasteiger partial charge in [-0.2, -0.15) is 0 Å². The Morgan fingerprint density at radius 3 is 2.57 bits per heavy atom. The monoisotopic (exact) mass is 317 g/mol. The van der Waals surface area contributed by atoms with Gasteiger partial charge in [-0.05, 0) is 33.1 Å². The van der Waals surface area contributed by atoms with E-state index in [9.17, 15) is 4.79 Å². The van der Waals surface area contributed by atoms with Crippen LogP contribution in [0.3, 0.4) is 0 Å².